The SMILES string of the molecule is CCC(N)c1ccc(N(C)CC(C)OC)cn1. The molecule has 0 radical (unpaired) electrons. The van der Waals surface area contributed by atoms with Gasteiger partial charge < -0.3 is 15.4 Å². The van der Waals surface area contributed by atoms with Crippen molar-refractivity contribution in [2.24, 2.45) is 5.73 Å². The van der Waals surface area contributed by atoms with Crippen LogP contribution in [0.15, 0.2) is 18.3 Å². The number of hydrogen-bond acceptors (Lipinski definition) is 4. The largest absolute Gasteiger partial charge is 0.380 e. The minimum atomic E-state index is 0.0345. The molecule has 0 aliphatic heterocycles. The Hall–Kier alpha value is -1.13. The third-order valence-electron chi connectivity index (χ3n) is 2.96. The van der Waals surface area contributed by atoms with Gasteiger partial charge in [0.2, 0.25) is 0 Å². The van der Waals surface area contributed by atoms with Crippen molar-refractivity contribution in [3.63, 3.8) is 0 Å². The van der Waals surface area contributed by atoms with E-state index in [1.54, 1.807) is 7.11 Å². The van der Waals surface area contributed by atoms with Crippen LogP contribution in [0, 0.1) is 0 Å². The van der Waals surface area contributed by atoms with Gasteiger partial charge in [0, 0.05) is 26.7 Å². The minimum absolute atomic E-state index is 0.0345. The molecule has 0 bridgehead atoms. The minimum Gasteiger partial charge on any atom is -0.380 e. The number of anilines is 1. The normalized spacial score (nSPS) is 14.4. The van der Waals surface area contributed by atoms with Crippen LogP contribution in [-0.2, 0) is 4.74 Å². The lowest BCUT2D eigenvalue weighted by molar-refractivity contribution is 0.124. The zero-order valence-corrected chi connectivity index (χ0v) is 11.2. The number of likely N-dealkylation sites (N-methyl/N-ethyl adjacent to an activating group) is 1. The molecule has 2 atom stereocenters. The molecule has 0 aliphatic rings. The molecule has 1 aromatic heterocycles. The molecule has 2 N–H and O–H groups in total. The molecule has 0 aromatic carbocycles. The Balaban J connectivity index is 2.66. The lowest BCUT2D eigenvalue weighted by atomic mass is 10.1. The van der Waals surface area contributed by atoms with Gasteiger partial charge >= 0.3 is 0 Å². The monoisotopic (exact) mass is 237 g/mol. The van der Waals surface area contributed by atoms with Crippen molar-refractivity contribution in [2.45, 2.75) is 32.4 Å². The highest BCUT2D eigenvalue weighted by molar-refractivity contribution is 5.44. The molecule has 0 amide bonds. The molecule has 17 heavy (non-hydrogen) atoms. The van der Waals surface area contributed by atoms with E-state index in [1.165, 1.54) is 0 Å². The summed E-state index contributed by atoms with van der Waals surface area (Å²) in [5, 5.41) is 0. The number of nitrogens with zero attached hydrogens (tertiary/aromatic N) is 2. The summed E-state index contributed by atoms with van der Waals surface area (Å²) >= 11 is 0. The molecule has 0 saturated heterocycles. The summed E-state index contributed by atoms with van der Waals surface area (Å²) in [6, 6.07) is 4.09. The van der Waals surface area contributed by atoms with Gasteiger partial charge in [0.25, 0.3) is 0 Å². The van der Waals surface area contributed by atoms with Crippen LogP contribution in [-0.4, -0.2) is 31.8 Å². The standard InChI is InChI=1S/C13H23N3O/c1-5-12(14)13-7-6-11(8-15-13)16(3)9-10(2)17-4/h6-8,10,12H,5,9,14H2,1-4H3. The first-order chi connectivity index (χ1) is 8.08. The molecule has 0 fully saturated rings. The smallest absolute Gasteiger partial charge is 0.0717 e. The van der Waals surface area contributed by atoms with E-state index in [1.807, 2.05) is 26.2 Å². The Morgan fingerprint density at radius 3 is 2.65 bits per heavy atom. The zero-order valence-electron chi connectivity index (χ0n) is 11.2. The Bertz CT molecular complexity index is 326. The van der Waals surface area contributed by atoms with Gasteiger partial charge in [0.1, 0.15) is 0 Å². The second kappa shape index (κ2) is 6.57. The van der Waals surface area contributed by atoms with Gasteiger partial charge in [-0.05, 0) is 25.5 Å². The van der Waals surface area contributed by atoms with E-state index >= 15 is 0 Å². The Labute approximate surface area is 104 Å². The molecule has 4 nitrogen and oxygen atoms in total. The summed E-state index contributed by atoms with van der Waals surface area (Å²) in [6.07, 6.45) is 2.98. The number of aromatic nitrogens is 1. The summed E-state index contributed by atoms with van der Waals surface area (Å²) in [6.45, 7) is 4.95. The van der Waals surface area contributed by atoms with E-state index in [9.17, 15) is 0 Å². The highest BCUT2D eigenvalue weighted by atomic mass is 16.5. The van der Waals surface area contributed by atoms with E-state index in [4.69, 9.17) is 10.5 Å². The lowest BCUT2D eigenvalue weighted by Gasteiger charge is -2.22. The first kappa shape index (κ1) is 13.9. The van der Waals surface area contributed by atoms with Gasteiger partial charge in [-0.25, -0.2) is 0 Å². The van der Waals surface area contributed by atoms with Crippen molar-refractivity contribution in [3.05, 3.63) is 24.0 Å². The van der Waals surface area contributed by atoms with Gasteiger partial charge in [0.05, 0.1) is 23.7 Å². The average Bonchev–Trinajstić information content (AvgIpc) is 2.37. The van der Waals surface area contributed by atoms with E-state index in [0.29, 0.717) is 0 Å². The fourth-order valence-electron chi connectivity index (χ4n) is 1.62. The second-order valence-corrected chi connectivity index (χ2v) is 4.38. The van der Waals surface area contributed by atoms with Crippen LogP contribution in [0.4, 0.5) is 5.69 Å². The average molecular weight is 237 g/mol. The van der Waals surface area contributed by atoms with E-state index in [2.05, 4.69) is 22.9 Å². The van der Waals surface area contributed by atoms with Gasteiger partial charge in [0.15, 0.2) is 0 Å². The van der Waals surface area contributed by atoms with Gasteiger partial charge in [-0.2, -0.15) is 0 Å². The predicted molar refractivity (Wildman–Crippen MR) is 71.2 cm³/mol. The number of rotatable bonds is 6. The Morgan fingerprint density at radius 2 is 2.18 bits per heavy atom. The van der Waals surface area contributed by atoms with Crippen molar-refractivity contribution < 1.29 is 4.74 Å². The zero-order chi connectivity index (χ0) is 12.8. The fourth-order valence-corrected chi connectivity index (χ4v) is 1.62. The third kappa shape index (κ3) is 3.98. The number of methoxy groups -OCH3 is 1. The number of hydrogen-bond donors (Lipinski definition) is 1. The fraction of sp³-hybridized carbons (Fsp3) is 0.615. The predicted octanol–water partition coefficient (Wildman–Crippen LogP) is 1.96. The molecule has 96 valence electrons. The quantitative estimate of drug-likeness (QED) is 0.821. The maximum atomic E-state index is 5.93. The highest BCUT2D eigenvalue weighted by Gasteiger charge is 2.08. The molecule has 0 aliphatic carbocycles. The number of nitrogens with two attached hydrogens (primary N) is 1. The van der Waals surface area contributed by atoms with Gasteiger partial charge in [-0.15, -0.1) is 0 Å². The van der Waals surface area contributed by atoms with Crippen molar-refractivity contribution in [2.75, 3.05) is 25.6 Å². The summed E-state index contributed by atoms with van der Waals surface area (Å²) < 4.78 is 5.24. The van der Waals surface area contributed by atoms with Gasteiger partial charge in [-0.1, -0.05) is 6.92 Å². The first-order valence-corrected chi connectivity index (χ1v) is 6.04. The van der Waals surface area contributed by atoms with Crippen molar-refractivity contribution in [1.29, 1.82) is 0 Å². The topological polar surface area (TPSA) is 51.4 Å². The maximum Gasteiger partial charge on any atom is 0.0717 e. The van der Waals surface area contributed by atoms with Crippen LogP contribution in [0.5, 0.6) is 0 Å². The number of pyridine rings is 1. The van der Waals surface area contributed by atoms with E-state index < -0.39 is 0 Å². The van der Waals surface area contributed by atoms with Crippen LogP contribution < -0.4 is 10.6 Å². The lowest BCUT2D eigenvalue weighted by Crippen LogP contribution is -2.28. The van der Waals surface area contributed by atoms with Gasteiger partial charge in [-0.3, -0.25) is 4.98 Å². The molecule has 4 heteroatoms. The first-order valence-electron chi connectivity index (χ1n) is 6.04. The Kier molecular flexibility index (Phi) is 5.38. The number of ether oxygens (including phenoxy) is 1. The summed E-state index contributed by atoms with van der Waals surface area (Å²) in [5.74, 6) is 0. The highest BCUT2D eigenvalue weighted by Crippen LogP contribution is 2.16. The van der Waals surface area contributed by atoms with Crippen LogP contribution in [0.25, 0.3) is 0 Å². The van der Waals surface area contributed by atoms with Crippen LogP contribution in [0.2, 0.25) is 0 Å². The van der Waals surface area contributed by atoms with E-state index in [-0.39, 0.29) is 12.1 Å². The molecule has 1 aromatic rings. The van der Waals surface area contributed by atoms with Crippen molar-refractivity contribution in [3.8, 4) is 0 Å². The third-order valence-corrected chi connectivity index (χ3v) is 2.96. The van der Waals surface area contributed by atoms with Crippen LogP contribution >= 0.6 is 0 Å². The second-order valence-electron chi connectivity index (χ2n) is 4.38. The van der Waals surface area contributed by atoms with Crippen molar-refractivity contribution >= 4 is 5.69 Å². The molecule has 0 saturated carbocycles. The van der Waals surface area contributed by atoms with Crippen LogP contribution in [0.3, 0.4) is 0 Å². The molecule has 1 rings (SSSR count). The molecular weight excluding hydrogens is 214 g/mol. The summed E-state index contributed by atoms with van der Waals surface area (Å²) in [5.41, 5.74) is 7.96. The summed E-state index contributed by atoms with van der Waals surface area (Å²) in [4.78, 5) is 6.52. The molecule has 0 spiro atoms. The Morgan fingerprint density at radius 1 is 1.47 bits per heavy atom. The molecule has 2 unspecified atom stereocenters. The van der Waals surface area contributed by atoms with Crippen LogP contribution in [0.1, 0.15) is 32.0 Å². The molecule has 1 heterocycles. The summed E-state index contributed by atoms with van der Waals surface area (Å²) in [7, 11) is 3.76. The van der Waals surface area contributed by atoms with Crippen molar-refractivity contribution in [1.82, 2.24) is 4.98 Å². The maximum absolute atomic E-state index is 5.93. The molecular formula is C13H23N3O. The van der Waals surface area contributed by atoms with E-state index in [0.717, 1.165) is 24.3 Å².